The van der Waals surface area contributed by atoms with Gasteiger partial charge >= 0.3 is 0 Å². The largest absolute Gasteiger partial charge is 0.389 e. The van der Waals surface area contributed by atoms with Crippen LogP contribution in [0.4, 0.5) is 0 Å². The van der Waals surface area contributed by atoms with Crippen LogP contribution in [0.25, 0.3) is 0 Å². The SMILES string of the molecule is C[C@H](O)c1cccnc1Sc1ncns1. The van der Waals surface area contributed by atoms with Crippen LogP contribution in [0.2, 0.25) is 0 Å². The fourth-order valence-electron chi connectivity index (χ4n) is 1.10. The molecule has 0 saturated carbocycles. The second-order valence-corrected chi connectivity index (χ2v) is 4.90. The number of hydrogen-bond donors (Lipinski definition) is 1. The van der Waals surface area contributed by atoms with Crippen LogP contribution in [0.1, 0.15) is 18.6 Å². The average Bonchev–Trinajstić information content (AvgIpc) is 2.71. The van der Waals surface area contributed by atoms with Crippen LogP contribution < -0.4 is 0 Å². The minimum absolute atomic E-state index is 0.519. The summed E-state index contributed by atoms with van der Waals surface area (Å²) in [6, 6.07) is 3.67. The molecule has 2 heterocycles. The summed E-state index contributed by atoms with van der Waals surface area (Å²) in [7, 11) is 0. The topological polar surface area (TPSA) is 58.9 Å². The zero-order valence-corrected chi connectivity index (χ0v) is 9.63. The zero-order chi connectivity index (χ0) is 10.7. The van der Waals surface area contributed by atoms with E-state index >= 15 is 0 Å². The summed E-state index contributed by atoms with van der Waals surface area (Å²) < 4.78 is 4.74. The quantitative estimate of drug-likeness (QED) is 0.889. The van der Waals surface area contributed by atoms with E-state index in [1.165, 1.54) is 29.6 Å². The second-order valence-electron chi connectivity index (χ2n) is 2.88. The predicted molar refractivity (Wildman–Crippen MR) is 58.9 cm³/mol. The lowest BCUT2D eigenvalue weighted by Gasteiger charge is -2.08. The molecule has 0 spiro atoms. The van der Waals surface area contributed by atoms with Crippen molar-refractivity contribution in [2.45, 2.75) is 22.4 Å². The molecule has 0 fully saturated rings. The van der Waals surface area contributed by atoms with Crippen molar-refractivity contribution < 1.29 is 5.11 Å². The maximum Gasteiger partial charge on any atom is 0.176 e. The van der Waals surface area contributed by atoms with Crippen molar-refractivity contribution in [1.82, 2.24) is 14.3 Å². The molecule has 0 unspecified atom stereocenters. The lowest BCUT2D eigenvalue weighted by atomic mass is 10.2. The average molecular weight is 239 g/mol. The van der Waals surface area contributed by atoms with Crippen LogP contribution in [0.15, 0.2) is 34.0 Å². The van der Waals surface area contributed by atoms with E-state index in [0.29, 0.717) is 0 Å². The molecular weight excluding hydrogens is 230 g/mol. The van der Waals surface area contributed by atoms with Crippen LogP contribution in [0.3, 0.4) is 0 Å². The summed E-state index contributed by atoms with van der Waals surface area (Å²) in [4.78, 5) is 8.28. The molecule has 2 rings (SSSR count). The number of nitrogens with zero attached hydrogens (tertiary/aromatic N) is 3. The molecule has 0 aliphatic heterocycles. The van der Waals surface area contributed by atoms with Gasteiger partial charge in [-0.3, -0.25) is 0 Å². The first-order chi connectivity index (χ1) is 7.27. The number of pyridine rings is 1. The van der Waals surface area contributed by atoms with Crippen molar-refractivity contribution >= 4 is 23.3 Å². The Morgan fingerprint density at radius 3 is 3.00 bits per heavy atom. The van der Waals surface area contributed by atoms with Gasteiger partial charge in [-0.15, -0.1) is 0 Å². The number of rotatable bonds is 3. The Labute approximate surface area is 95.6 Å². The minimum atomic E-state index is -0.519. The Morgan fingerprint density at radius 2 is 2.33 bits per heavy atom. The molecule has 0 saturated heterocycles. The van der Waals surface area contributed by atoms with Gasteiger partial charge in [0.1, 0.15) is 11.4 Å². The van der Waals surface area contributed by atoms with Crippen LogP contribution in [0.5, 0.6) is 0 Å². The van der Waals surface area contributed by atoms with Gasteiger partial charge in [-0.2, -0.15) is 4.37 Å². The third-order valence-electron chi connectivity index (χ3n) is 1.78. The molecule has 0 aliphatic carbocycles. The fourth-order valence-corrected chi connectivity index (χ4v) is 2.63. The van der Waals surface area contributed by atoms with Gasteiger partial charge < -0.3 is 5.11 Å². The monoisotopic (exact) mass is 239 g/mol. The first-order valence-electron chi connectivity index (χ1n) is 4.35. The Kier molecular flexibility index (Phi) is 3.30. The van der Waals surface area contributed by atoms with Crippen molar-refractivity contribution in [2.24, 2.45) is 0 Å². The highest BCUT2D eigenvalue weighted by Crippen LogP contribution is 2.31. The molecular formula is C9H9N3OS2. The Morgan fingerprint density at radius 1 is 1.47 bits per heavy atom. The smallest absolute Gasteiger partial charge is 0.176 e. The molecule has 4 nitrogen and oxygen atoms in total. The lowest BCUT2D eigenvalue weighted by molar-refractivity contribution is 0.195. The summed E-state index contributed by atoms with van der Waals surface area (Å²) in [5, 5.41) is 10.3. The summed E-state index contributed by atoms with van der Waals surface area (Å²) in [6.45, 7) is 1.72. The summed E-state index contributed by atoms with van der Waals surface area (Å²) in [6.07, 6.45) is 2.70. The molecule has 0 bridgehead atoms. The molecule has 2 aromatic heterocycles. The van der Waals surface area contributed by atoms with Crippen LogP contribution in [0, 0.1) is 0 Å². The summed E-state index contributed by atoms with van der Waals surface area (Å²) >= 11 is 2.74. The fraction of sp³-hybridized carbons (Fsp3) is 0.222. The number of aliphatic hydroxyl groups is 1. The highest BCUT2D eigenvalue weighted by molar-refractivity contribution is 8.00. The van der Waals surface area contributed by atoms with Crippen LogP contribution in [-0.2, 0) is 0 Å². The number of aliphatic hydroxyl groups excluding tert-OH is 1. The van der Waals surface area contributed by atoms with E-state index in [9.17, 15) is 5.11 Å². The Hall–Kier alpha value is -0.980. The first-order valence-corrected chi connectivity index (χ1v) is 5.94. The van der Waals surface area contributed by atoms with E-state index in [1.54, 1.807) is 13.1 Å². The van der Waals surface area contributed by atoms with Gasteiger partial charge in [0.25, 0.3) is 0 Å². The molecule has 1 atom stereocenters. The Balaban J connectivity index is 2.28. The molecule has 0 amide bonds. The van der Waals surface area contributed by atoms with Gasteiger partial charge in [-0.05, 0) is 36.3 Å². The third kappa shape index (κ3) is 2.53. The van der Waals surface area contributed by atoms with Crippen molar-refractivity contribution in [3.05, 3.63) is 30.2 Å². The van der Waals surface area contributed by atoms with E-state index in [2.05, 4.69) is 14.3 Å². The summed E-state index contributed by atoms with van der Waals surface area (Å²) in [5.41, 5.74) is 0.817. The van der Waals surface area contributed by atoms with Gasteiger partial charge in [-0.1, -0.05) is 6.07 Å². The predicted octanol–water partition coefficient (Wildman–Crippen LogP) is 2.14. The molecule has 78 valence electrons. The van der Waals surface area contributed by atoms with Gasteiger partial charge in [0.15, 0.2) is 4.34 Å². The normalized spacial score (nSPS) is 12.7. The zero-order valence-electron chi connectivity index (χ0n) is 7.99. The van der Waals surface area contributed by atoms with Gasteiger partial charge in [0.2, 0.25) is 0 Å². The van der Waals surface area contributed by atoms with E-state index < -0.39 is 6.10 Å². The highest BCUT2D eigenvalue weighted by atomic mass is 32.2. The molecule has 0 radical (unpaired) electrons. The summed E-state index contributed by atoms with van der Waals surface area (Å²) in [5.74, 6) is 0. The van der Waals surface area contributed by atoms with E-state index in [-0.39, 0.29) is 0 Å². The van der Waals surface area contributed by atoms with Gasteiger partial charge in [0, 0.05) is 11.8 Å². The standard InChI is InChI=1S/C9H9N3OS2/c1-6(13)7-3-2-4-10-8(7)14-9-11-5-12-15-9/h2-6,13H,1H3/t6-/m0/s1. The maximum atomic E-state index is 9.55. The van der Waals surface area contributed by atoms with Crippen LogP contribution >= 0.6 is 23.3 Å². The number of aromatic nitrogens is 3. The maximum absolute atomic E-state index is 9.55. The van der Waals surface area contributed by atoms with Crippen molar-refractivity contribution in [1.29, 1.82) is 0 Å². The molecule has 2 aromatic rings. The van der Waals surface area contributed by atoms with Crippen molar-refractivity contribution in [3.63, 3.8) is 0 Å². The molecule has 0 aliphatic rings. The molecule has 1 N–H and O–H groups in total. The highest BCUT2D eigenvalue weighted by Gasteiger charge is 2.11. The van der Waals surface area contributed by atoms with Crippen LogP contribution in [-0.4, -0.2) is 19.4 Å². The molecule has 0 aromatic carbocycles. The van der Waals surface area contributed by atoms with Gasteiger partial charge in [-0.25, -0.2) is 9.97 Å². The number of hydrogen-bond acceptors (Lipinski definition) is 6. The van der Waals surface area contributed by atoms with E-state index in [0.717, 1.165) is 14.9 Å². The molecule has 15 heavy (non-hydrogen) atoms. The second kappa shape index (κ2) is 4.69. The van der Waals surface area contributed by atoms with Crippen molar-refractivity contribution in [3.8, 4) is 0 Å². The van der Waals surface area contributed by atoms with Crippen molar-refractivity contribution in [2.75, 3.05) is 0 Å². The minimum Gasteiger partial charge on any atom is -0.389 e. The lowest BCUT2D eigenvalue weighted by Crippen LogP contribution is -1.95. The third-order valence-corrected chi connectivity index (χ3v) is 3.53. The first kappa shape index (κ1) is 10.5. The van der Waals surface area contributed by atoms with Gasteiger partial charge in [0.05, 0.1) is 6.10 Å². The van der Waals surface area contributed by atoms with E-state index in [1.807, 2.05) is 12.1 Å². The Bertz CT molecular complexity index is 431. The molecule has 6 heteroatoms. The van der Waals surface area contributed by atoms with E-state index in [4.69, 9.17) is 0 Å².